The van der Waals surface area contributed by atoms with Gasteiger partial charge in [0.25, 0.3) is 5.91 Å². The zero-order valence-corrected chi connectivity index (χ0v) is 10.8. The third-order valence-electron chi connectivity index (χ3n) is 3.09. The number of nitrogens with one attached hydrogen (secondary N) is 2. The van der Waals surface area contributed by atoms with E-state index in [4.69, 9.17) is 0 Å². The van der Waals surface area contributed by atoms with Gasteiger partial charge in [-0.15, -0.1) is 0 Å². The molecule has 20 heavy (non-hydrogen) atoms. The van der Waals surface area contributed by atoms with Crippen LogP contribution in [0.5, 0.6) is 0 Å². The lowest BCUT2D eigenvalue weighted by atomic mass is 10.0. The van der Waals surface area contributed by atoms with E-state index in [0.717, 1.165) is 5.69 Å². The molecule has 1 aliphatic carbocycles. The maximum absolute atomic E-state index is 11.6. The van der Waals surface area contributed by atoms with Crippen LogP contribution < -0.4 is 10.7 Å². The monoisotopic (exact) mass is 266 g/mol. The molecule has 0 bridgehead atoms. The fourth-order valence-corrected chi connectivity index (χ4v) is 2.15. The molecule has 1 atom stereocenters. The van der Waals surface area contributed by atoms with Crippen molar-refractivity contribution in [3.63, 3.8) is 0 Å². The van der Waals surface area contributed by atoms with Gasteiger partial charge in [-0.25, -0.2) is 10.4 Å². The minimum Gasteiger partial charge on any atom is -0.358 e. The van der Waals surface area contributed by atoms with Crippen LogP contribution in [0, 0.1) is 0 Å². The summed E-state index contributed by atoms with van der Waals surface area (Å²) in [6.45, 7) is 0. The van der Waals surface area contributed by atoms with E-state index >= 15 is 0 Å². The number of aliphatic imine (C=N–C) groups is 1. The summed E-state index contributed by atoms with van der Waals surface area (Å²) in [4.78, 5) is 16.2. The molecule has 3 rings (SSSR count). The molecule has 2 aliphatic rings. The molecular weight excluding hydrogens is 252 g/mol. The molecule has 100 valence electrons. The third-order valence-corrected chi connectivity index (χ3v) is 3.09. The SMILES string of the molecule is O=C1NN=CC1=NC1(Nc2ccccc2)C=CC=CC1. The summed E-state index contributed by atoms with van der Waals surface area (Å²) in [5, 5.41) is 7.10. The van der Waals surface area contributed by atoms with E-state index in [9.17, 15) is 4.79 Å². The number of hydrazone groups is 1. The predicted octanol–water partition coefficient (Wildman–Crippen LogP) is 1.87. The molecule has 1 aliphatic heterocycles. The van der Waals surface area contributed by atoms with Crippen molar-refractivity contribution < 1.29 is 4.79 Å². The normalized spacial score (nSPS) is 26.0. The number of allylic oxidation sites excluding steroid dienone is 2. The van der Waals surface area contributed by atoms with Crippen molar-refractivity contribution in [3.05, 3.63) is 54.6 Å². The number of carbonyl (C=O) groups is 1. The van der Waals surface area contributed by atoms with Crippen LogP contribution >= 0.6 is 0 Å². The molecule has 1 aromatic rings. The van der Waals surface area contributed by atoms with Gasteiger partial charge in [0, 0.05) is 12.1 Å². The zero-order chi connectivity index (χ0) is 13.8. The molecule has 1 amide bonds. The Labute approximate surface area is 116 Å². The lowest BCUT2D eigenvalue weighted by Crippen LogP contribution is -2.37. The highest BCUT2D eigenvalue weighted by molar-refractivity contribution is 6.62. The van der Waals surface area contributed by atoms with E-state index in [1.54, 1.807) is 0 Å². The van der Waals surface area contributed by atoms with E-state index in [0.29, 0.717) is 12.1 Å². The Kier molecular flexibility index (Phi) is 3.16. The highest BCUT2D eigenvalue weighted by Crippen LogP contribution is 2.25. The summed E-state index contributed by atoms with van der Waals surface area (Å²) in [5.41, 5.74) is 2.99. The van der Waals surface area contributed by atoms with Crippen LogP contribution in [0.25, 0.3) is 0 Å². The Hall–Kier alpha value is -2.69. The van der Waals surface area contributed by atoms with Crippen LogP contribution in [0.1, 0.15) is 6.42 Å². The van der Waals surface area contributed by atoms with E-state index in [2.05, 4.69) is 20.8 Å². The minimum absolute atomic E-state index is 0.276. The number of anilines is 1. The predicted molar refractivity (Wildman–Crippen MR) is 79.8 cm³/mol. The van der Waals surface area contributed by atoms with Crippen molar-refractivity contribution in [1.82, 2.24) is 5.43 Å². The molecule has 2 N–H and O–H groups in total. The van der Waals surface area contributed by atoms with Gasteiger partial charge in [0.2, 0.25) is 0 Å². The van der Waals surface area contributed by atoms with E-state index in [-0.39, 0.29) is 5.91 Å². The van der Waals surface area contributed by atoms with Gasteiger partial charge in [-0.2, -0.15) is 5.10 Å². The second-order valence-corrected chi connectivity index (χ2v) is 4.60. The summed E-state index contributed by atoms with van der Waals surface area (Å²) in [7, 11) is 0. The smallest absolute Gasteiger partial charge is 0.291 e. The molecule has 0 fully saturated rings. The van der Waals surface area contributed by atoms with Crippen LogP contribution in [-0.4, -0.2) is 23.5 Å². The van der Waals surface area contributed by atoms with Gasteiger partial charge in [0.05, 0.1) is 6.21 Å². The molecule has 0 spiro atoms. The number of hydrogen-bond acceptors (Lipinski definition) is 4. The summed E-state index contributed by atoms with van der Waals surface area (Å²) in [5.74, 6) is -0.276. The van der Waals surface area contributed by atoms with Crippen molar-refractivity contribution >= 4 is 23.5 Å². The number of benzene rings is 1. The maximum atomic E-state index is 11.6. The second kappa shape index (κ2) is 5.13. The van der Waals surface area contributed by atoms with Crippen molar-refractivity contribution in [2.75, 3.05) is 5.32 Å². The number of amides is 1. The molecule has 5 nitrogen and oxygen atoms in total. The number of hydrogen-bond donors (Lipinski definition) is 2. The van der Waals surface area contributed by atoms with E-state index in [1.165, 1.54) is 6.21 Å². The van der Waals surface area contributed by atoms with Crippen molar-refractivity contribution in [2.24, 2.45) is 10.1 Å². The summed E-state index contributed by atoms with van der Waals surface area (Å²) >= 11 is 0. The van der Waals surface area contributed by atoms with Crippen LogP contribution in [0.3, 0.4) is 0 Å². The van der Waals surface area contributed by atoms with E-state index < -0.39 is 5.66 Å². The number of carbonyl (C=O) groups excluding carboxylic acids is 1. The maximum Gasteiger partial charge on any atom is 0.291 e. The molecule has 1 aromatic carbocycles. The standard InChI is InChI=1S/C15H14N4O/c20-14-13(11-16-19-14)18-15(9-5-2-6-10-15)17-12-7-3-1-4-8-12/h1-9,11,17H,10H2,(H,18,19,20). The van der Waals surface area contributed by atoms with Gasteiger partial charge >= 0.3 is 0 Å². The fraction of sp³-hybridized carbons (Fsp3) is 0.133. The Bertz CT molecular complexity index is 631. The molecular formula is C15H14N4O. The van der Waals surface area contributed by atoms with Crippen LogP contribution in [-0.2, 0) is 4.79 Å². The molecule has 0 radical (unpaired) electrons. The summed E-state index contributed by atoms with van der Waals surface area (Å²) in [6.07, 6.45) is 9.98. The van der Waals surface area contributed by atoms with Gasteiger partial charge in [-0.05, 0) is 18.2 Å². The van der Waals surface area contributed by atoms with Crippen molar-refractivity contribution in [1.29, 1.82) is 0 Å². The lowest BCUT2D eigenvalue weighted by molar-refractivity contribution is -0.114. The first-order chi connectivity index (χ1) is 9.77. The molecule has 0 aromatic heterocycles. The average Bonchev–Trinajstić information content (AvgIpc) is 2.86. The summed E-state index contributed by atoms with van der Waals surface area (Å²) in [6, 6.07) is 9.80. The number of rotatable bonds is 3. The quantitative estimate of drug-likeness (QED) is 0.877. The third kappa shape index (κ3) is 2.51. The highest BCUT2D eigenvalue weighted by Gasteiger charge is 2.29. The van der Waals surface area contributed by atoms with Crippen LogP contribution in [0.4, 0.5) is 5.69 Å². The Morgan fingerprint density at radius 3 is 2.75 bits per heavy atom. The minimum atomic E-state index is -0.654. The second-order valence-electron chi connectivity index (χ2n) is 4.60. The molecule has 0 saturated carbocycles. The highest BCUT2D eigenvalue weighted by atomic mass is 16.2. The average molecular weight is 266 g/mol. The van der Waals surface area contributed by atoms with Crippen molar-refractivity contribution in [3.8, 4) is 0 Å². The van der Waals surface area contributed by atoms with Gasteiger partial charge in [-0.3, -0.25) is 4.79 Å². The lowest BCUT2D eigenvalue weighted by Gasteiger charge is -2.29. The first-order valence-electron chi connectivity index (χ1n) is 6.38. The van der Waals surface area contributed by atoms with Gasteiger partial charge < -0.3 is 5.32 Å². The fourth-order valence-electron chi connectivity index (χ4n) is 2.15. The molecule has 1 unspecified atom stereocenters. The first-order valence-corrected chi connectivity index (χ1v) is 6.38. The van der Waals surface area contributed by atoms with E-state index in [1.807, 2.05) is 54.6 Å². The number of nitrogens with zero attached hydrogens (tertiary/aromatic N) is 2. The van der Waals surface area contributed by atoms with Crippen molar-refractivity contribution in [2.45, 2.75) is 12.1 Å². The zero-order valence-electron chi connectivity index (χ0n) is 10.8. The topological polar surface area (TPSA) is 65.8 Å². The molecule has 1 heterocycles. The summed E-state index contributed by atoms with van der Waals surface area (Å²) < 4.78 is 0. The van der Waals surface area contributed by atoms with Crippen LogP contribution in [0.2, 0.25) is 0 Å². The Balaban J connectivity index is 1.93. The Morgan fingerprint density at radius 2 is 2.10 bits per heavy atom. The largest absolute Gasteiger partial charge is 0.358 e. The van der Waals surface area contributed by atoms with Gasteiger partial charge in [-0.1, -0.05) is 36.4 Å². The molecule has 5 heteroatoms. The molecule has 0 saturated heterocycles. The van der Waals surface area contributed by atoms with Gasteiger partial charge in [0.1, 0.15) is 5.71 Å². The first kappa shape index (κ1) is 12.3. The van der Waals surface area contributed by atoms with Gasteiger partial charge in [0.15, 0.2) is 5.66 Å². The Morgan fingerprint density at radius 1 is 1.25 bits per heavy atom. The van der Waals surface area contributed by atoms with Crippen LogP contribution in [0.15, 0.2) is 64.7 Å². The number of para-hydroxylation sites is 1.